The molecule has 2 amide bonds. The van der Waals surface area contributed by atoms with Crippen LogP contribution in [0.4, 0.5) is 0 Å². The van der Waals surface area contributed by atoms with Crippen LogP contribution in [0.5, 0.6) is 0 Å². The molecule has 3 aliphatic heterocycles. The van der Waals surface area contributed by atoms with Gasteiger partial charge in [-0.25, -0.2) is 0 Å². The highest BCUT2D eigenvalue weighted by molar-refractivity contribution is 5.98. The van der Waals surface area contributed by atoms with Crippen molar-refractivity contribution in [3.8, 4) is 0 Å². The minimum Gasteiger partial charge on any atom is -0.376 e. The first-order valence-electron chi connectivity index (χ1n) is 7.76. The Morgan fingerprint density at radius 2 is 2.10 bits per heavy atom. The van der Waals surface area contributed by atoms with Crippen molar-refractivity contribution in [1.29, 1.82) is 0 Å². The normalized spacial score (nSPS) is 41.5. The Hall–Kier alpha value is -1.10. The first-order chi connectivity index (χ1) is 9.50. The van der Waals surface area contributed by atoms with E-state index in [1.165, 1.54) is 0 Å². The van der Waals surface area contributed by atoms with Gasteiger partial charge in [-0.05, 0) is 39.5 Å². The van der Waals surface area contributed by atoms with Gasteiger partial charge in [0.05, 0.1) is 11.6 Å². The van der Waals surface area contributed by atoms with Crippen LogP contribution in [0, 0.1) is 0 Å². The largest absolute Gasteiger partial charge is 0.376 e. The number of fused-ring (bicyclic) bond motifs is 1. The second-order valence-electron chi connectivity index (χ2n) is 6.44. The van der Waals surface area contributed by atoms with E-state index in [4.69, 9.17) is 4.74 Å². The lowest BCUT2D eigenvalue weighted by molar-refractivity contribution is -0.168. The van der Waals surface area contributed by atoms with Crippen molar-refractivity contribution in [2.45, 2.75) is 70.2 Å². The maximum absolute atomic E-state index is 12.9. The minimum absolute atomic E-state index is 0.0127. The molecule has 4 atom stereocenters. The van der Waals surface area contributed by atoms with Gasteiger partial charge < -0.3 is 14.5 Å². The highest BCUT2D eigenvalue weighted by Crippen LogP contribution is 2.39. The molecule has 3 aliphatic rings. The smallest absolute Gasteiger partial charge is 0.246 e. The highest BCUT2D eigenvalue weighted by atomic mass is 16.5. The zero-order valence-corrected chi connectivity index (χ0v) is 12.6. The van der Waals surface area contributed by atoms with E-state index in [1.54, 1.807) is 4.90 Å². The summed E-state index contributed by atoms with van der Waals surface area (Å²) in [5.74, 6) is 0.267. The highest BCUT2D eigenvalue weighted by Gasteiger charge is 2.55. The molecule has 0 aliphatic carbocycles. The first-order valence-corrected chi connectivity index (χ1v) is 7.76. The molecule has 0 bridgehead atoms. The Morgan fingerprint density at radius 3 is 2.70 bits per heavy atom. The van der Waals surface area contributed by atoms with E-state index in [0.717, 1.165) is 25.8 Å². The molecule has 20 heavy (non-hydrogen) atoms. The quantitative estimate of drug-likeness (QED) is 0.763. The number of rotatable bonds is 2. The molecule has 5 nitrogen and oxygen atoms in total. The number of carbonyl (C=O) groups excluding carboxylic acids is 2. The van der Waals surface area contributed by atoms with Crippen molar-refractivity contribution in [3.63, 3.8) is 0 Å². The number of hydrogen-bond donors (Lipinski definition) is 0. The van der Waals surface area contributed by atoms with Gasteiger partial charge in [-0.2, -0.15) is 0 Å². The summed E-state index contributed by atoms with van der Waals surface area (Å²) in [6, 6.07) is -0.541. The fourth-order valence-corrected chi connectivity index (χ4v) is 4.01. The van der Waals surface area contributed by atoms with E-state index in [-0.39, 0.29) is 35.5 Å². The van der Waals surface area contributed by atoms with Gasteiger partial charge in [-0.15, -0.1) is 0 Å². The van der Waals surface area contributed by atoms with Crippen molar-refractivity contribution in [3.05, 3.63) is 0 Å². The molecule has 0 saturated carbocycles. The van der Waals surface area contributed by atoms with E-state index in [1.807, 2.05) is 18.7 Å². The molecular weight excluding hydrogens is 256 g/mol. The number of hydrogen-bond acceptors (Lipinski definition) is 3. The van der Waals surface area contributed by atoms with Crippen LogP contribution in [-0.4, -0.2) is 58.5 Å². The molecule has 3 fully saturated rings. The lowest BCUT2D eigenvalue weighted by atomic mass is 9.87. The third-order valence-corrected chi connectivity index (χ3v) is 5.44. The summed E-state index contributed by atoms with van der Waals surface area (Å²) in [6.07, 6.45) is 3.23. The Bertz CT molecular complexity index is 439. The topological polar surface area (TPSA) is 49.9 Å². The van der Waals surface area contributed by atoms with Gasteiger partial charge in [0.25, 0.3) is 0 Å². The van der Waals surface area contributed by atoms with E-state index in [0.29, 0.717) is 13.0 Å². The fourth-order valence-electron chi connectivity index (χ4n) is 4.01. The molecule has 0 N–H and O–H groups in total. The predicted octanol–water partition coefficient (Wildman–Crippen LogP) is 1.17. The average Bonchev–Trinajstić information content (AvgIpc) is 3.02. The zero-order chi connectivity index (χ0) is 14.5. The molecule has 0 aromatic carbocycles. The molecule has 112 valence electrons. The SMILES string of the molecule is CCC1C(=O)N2CCCC2C(=O)N1C1(C)CCOC1C. The third-order valence-electron chi connectivity index (χ3n) is 5.44. The summed E-state index contributed by atoms with van der Waals surface area (Å²) in [5.41, 5.74) is -0.345. The number of piperazine rings is 1. The maximum atomic E-state index is 12.9. The van der Waals surface area contributed by atoms with Crippen LogP contribution < -0.4 is 0 Å². The Labute approximate surface area is 120 Å². The predicted molar refractivity (Wildman–Crippen MR) is 74.1 cm³/mol. The molecule has 3 saturated heterocycles. The Morgan fingerprint density at radius 1 is 1.35 bits per heavy atom. The van der Waals surface area contributed by atoms with Gasteiger partial charge in [0.1, 0.15) is 12.1 Å². The maximum Gasteiger partial charge on any atom is 0.246 e. The number of nitrogens with zero attached hydrogens (tertiary/aromatic N) is 2. The number of carbonyl (C=O) groups is 2. The molecular formula is C15H24N2O3. The lowest BCUT2D eigenvalue weighted by Gasteiger charge is -2.50. The second kappa shape index (κ2) is 4.72. The van der Waals surface area contributed by atoms with Gasteiger partial charge >= 0.3 is 0 Å². The second-order valence-corrected chi connectivity index (χ2v) is 6.44. The fraction of sp³-hybridized carbons (Fsp3) is 0.867. The number of amides is 2. The zero-order valence-electron chi connectivity index (χ0n) is 12.6. The monoisotopic (exact) mass is 280 g/mol. The lowest BCUT2D eigenvalue weighted by Crippen LogP contribution is -2.69. The summed E-state index contributed by atoms with van der Waals surface area (Å²) >= 11 is 0. The summed E-state index contributed by atoms with van der Waals surface area (Å²) in [5, 5.41) is 0. The summed E-state index contributed by atoms with van der Waals surface area (Å²) in [7, 11) is 0. The van der Waals surface area contributed by atoms with Crippen molar-refractivity contribution < 1.29 is 14.3 Å². The van der Waals surface area contributed by atoms with Gasteiger partial charge in [0, 0.05) is 13.2 Å². The van der Waals surface area contributed by atoms with Crippen LogP contribution in [0.2, 0.25) is 0 Å². The molecule has 0 radical (unpaired) electrons. The molecule has 3 heterocycles. The third kappa shape index (κ3) is 1.72. The minimum atomic E-state index is -0.345. The van der Waals surface area contributed by atoms with Crippen LogP contribution in [0.25, 0.3) is 0 Å². The molecule has 4 unspecified atom stereocenters. The Balaban J connectivity index is 1.99. The molecule has 0 aromatic rings. The standard InChI is InChI=1S/C15H24N2O3/c1-4-11-13(18)16-8-5-6-12(16)14(19)17(11)15(3)7-9-20-10(15)2/h10-12H,4-9H2,1-3H3. The van der Waals surface area contributed by atoms with Crippen molar-refractivity contribution in [1.82, 2.24) is 9.80 Å². The van der Waals surface area contributed by atoms with Gasteiger partial charge in [-0.1, -0.05) is 6.92 Å². The molecule has 3 rings (SSSR count). The van der Waals surface area contributed by atoms with Crippen LogP contribution in [-0.2, 0) is 14.3 Å². The average molecular weight is 280 g/mol. The van der Waals surface area contributed by atoms with E-state index >= 15 is 0 Å². The van der Waals surface area contributed by atoms with E-state index < -0.39 is 0 Å². The summed E-state index contributed by atoms with van der Waals surface area (Å²) in [4.78, 5) is 29.3. The van der Waals surface area contributed by atoms with Gasteiger partial charge in [0.15, 0.2) is 0 Å². The van der Waals surface area contributed by atoms with Gasteiger partial charge in [-0.3, -0.25) is 9.59 Å². The van der Waals surface area contributed by atoms with Crippen molar-refractivity contribution in [2.24, 2.45) is 0 Å². The summed E-state index contributed by atoms with van der Waals surface area (Å²) in [6.45, 7) is 7.48. The molecule has 0 aromatic heterocycles. The van der Waals surface area contributed by atoms with Crippen LogP contribution in [0.1, 0.15) is 46.5 Å². The van der Waals surface area contributed by atoms with Crippen molar-refractivity contribution >= 4 is 11.8 Å². The molecule has 0 spiro atoms. The van der Waals surface area contributed by atoms with E-state index in [2.05, 4.69) is 6.92 Å². The molecule has 5 heteroatoms. The number of ether oxygens (including phenoxy) is 1. The van der Waals surface area contributed by atoms with Crippen LogP contribution in [0.15, 0.2) is 0 Å². The Kier molecular flexibility index (Phi) is 3.27. The van der Waals surface area contributed by atoms with E-state index in [9.17, 15) is 9.59 Å². The van der Waals surface area contributed by atoms with Gasteiger partial charge in [0.2, 0.25) is 11.8 Å². The first kappa shape index (κ1) is 13.9. The van der Waals surface area contributed by atoms with Crippen molar-refractivity contribution in [2.75, 3.05) is 13.2 Å². The summed E-state index contributed by atoms with van der Waals surface area (Å²) < 4.78 is 5.69. The van der Waals surface area contributed by atoms with Crippen LogP contribution in [0.3, 0.4) is 0 Å². The van der Waals surface area contributed by atoms with Crippen LogP contribution >= 0.6 is 0 Å².